The summed E-state index contributed by atoms with van der Waals surface area (Å²) in [6.45, 7) is 0. The Morgan fingerprint density at radius 3 is 1.61 bits per heavy atom. The lowest BCUT2D eigenvalue weighted by Gasteiger charge is -2.33. The molecule has 0 spiro atoms. The molecule has 31 heavy (non-hydrogen) atoms. The summed E-state index contributed by atoms with van der Waals surface area (Å²) >= 11 is 0. The molecule has 1 saturated carbocycles. The molecule has 0 saturated heterocycles. The van der Waals surface area contributed by atoms with Crippen LogP contribution in [0.15, 0.2) is 90.0 Å². The summed E-state index contributed by atoms with van der Waals surface area (Å²) in [4.78, 5) is 13.4. The molecular formula is C27H21NO3. The molecule has 3 aromatic carbocycles. The van der Waals surface area contributed by atoms with E-state index in [-0.39, 0.29) is 17.3 Å². The first kappa shape index (κ1) is 20.2. The highest BCUT2D eigenvalue weighted by molar-refractivity contribution is 6.14. The lowest BCUT2D eigenvalue weighted by Crippen LogP contribution is -2.33. The molecule has 1 fully saturated rings. The van der Waals surface area contributed by atoms with Crippen LogP contribution < -0.4 is 0 Å². The van der Waals surface area contributed by atoms with Crippen LogP contribution in [0.5, 0.6) is 11.5 Å². The summed E-state index contributed by atoms with van der Waals surface area (Å²) < 4.78 is 0. The van der Waals surface area contributed by atoms with Gasteiger partial charge in [-0.05, 0) is 65.9 Å². The van der Waals surface area contributed by atoms with Gasteiger partial charge in [0.2, 0.25) is 0 Å². The SMILES string of the molecule is N#CC1(c2ccccc2)C/C(=C\c2ccc(O)cc2)C(=O)/C(=C/c2ccc(O)cc2)C1. The minimum atomic E-state index is -0.860. The predicted octanol–water partition coefficient (Wildman–Crippen LogP) is 5.39. The Balaban J connectivity index is 1.83. The molecule has 1 aliphatic rings. The largest absolute Gasteiger partial charge is 0.508 e. The highest BCUT2D eigenvalue weighted by atomic mass is 16.3. The van der Waals surface area contributed by atoms with Crippen LogP contribution in [-0.2, 0) is 10.2 Å². The van der Waals surface area contributed by atoms with Crippen molar-refractivity contribution in [2.24, 2.45) is 0 Å². The number of allylic oxidation sites excluding steroid dienone is 2. The van der Waals surface area contributed by atoms with Gasteiger partial charge in [0.25, 0.3) is 0 Å². The van der Waals surface area contributed by atoms with Gasteiger partial charge in [-0.1, -0.05) is 54.6 Å². The zero-order valence-electron chi connectivity index (χ0n) is 16.8. The number of phenols is 2. The number of Topliss-reactive ketones (excluding diaryl/α,β-unsaturated/α-hetero) is 1. The van der Waals surface area contributed by atoms with Gasteiger partial charge >= 0.3 is 0 Å². The van der Waals surface area contributed by atoms with Crippen LogP contribution in [0.1, 0.15) is 29.5 Å². The van der Waals surface area contributed by atoms with Crippen molar-refractivity contribution < 1.29 is 15.0 Å². The van der Waals surface area contributed by atoms with Crippen LogP contribution in [0.3, 0.4) is 0 Å². The Labute approximate surface area is 181 Å². The van der Waals surface area contributed by atoms with Crippen molar-refractivity contribution >= 4 is 17.9 Å². The molecule has 0 unspecified atom stereocenters. The number of ketones is 1. The van der Waals surface area contributed by atoms with E-state index < -0.39 is 5.41 Å². The Kier molecular flexibility index (Phi) is 5.43. The van der Waals surface area contributed by atoms with Crippen molar-refractivity contribution in [1.29, 1.82) is 5.26 Å². The van der Waals surface area contributed by atoms with Gasteiger partial charge < -0.3 is 10.2 Å². The van der Waals surface area contributed by atoms with Gasteiger partial charge in [-0.2, -0.15) is 5.26 Å². The molecular weight excluding hydrogens is 386 g/mol. The number of rotatable bonds is 3. The Hall–Kier alpha value is -4.10. The van der Waals surface area contributed by atoms with Crippen LogP contribution in [0.4, 0.5) is 0 Å². The molecule has 0 amide bonds. The topological polar surface area (TPSA) is 81.3 Å². The molecule has 2 N–H and O–H groups in total. The van der Waals surface area contributed by atoms with E-state index in [4.69, 9.17) is 0 Å². The third kappa shape index (κ3) is 4.26. The van der Waals surface area contributed by atoms with Crippen molar-refractivity contribution in [3.8, 4) is 17.6 Å². The quantitative estimate of drug-likeness (QED) is 0.571. The van der Waals surface area contributed by atoms with Gasteiger partial charge in [-0.25, -0.2) is 0 Å². The molecule has 1 aliphatic carbocycles. The average Bonchev–Trinajstić information content (AvgIpc) is 2.80. The Bertz CT molecular complexity index is 1130. The van der Waals surface area contributed by atoms with Crippen molar-refractivity contribution in [1.82, 2.24) is 0 Å². The maximum Gasteiger partial charge on any atom is 0.185 e. The monoisotopic (exact) mass is 407 g/mol. The minimum absolute atomic E-state index is 0.0945. The van der Waals surface area contributed by atoms with E-state index in [2.05, 4.69) is 6.07 Å². The van der Waals surface area contributed by atoms with Gasteiger partial charge in [-0.15, -0.1) is 0 Å². The Morgan fingerprint density at radius 1 is 0.742 bits per heavy atom. The first-order valence-electron chi connectivity index (χ1n) is 10.00. The fraction of sp³-hybridized carbons (Fsp3) is 0.111. The molecule has 0 aliphatic heterocycles. The van der Waals surface area contributed by atoms with Crippen LogP contribution in [0.2, 0.25) is 0 Å². The number of hydrogen-bond donors (Lipinski definition) is 2. The van der Waals surface area contributed by atoms with Gasteiger partial charge in [0, 0.05) is 11.1 Å². The summed E-state index contributed by atoms with van der Waals surface area (Å²) in [5.41, 5.74) is 2.68. The van der Waals surface area contributed by atoms with Gasteiger partial charge in [0.15, 0.2) is 5.78 Å². The van der Waals surface area contributed by atoms with E-state index >= 15 is 0 Å². The number of benzene rings is 3. The van der Waals surface area contributed by atoms with Crippen LogP contribution in [0, 0.1) is 11.3 Å². The molecule has 0 atom stereocenters. The molecule has 0 heterocycles. The maximum atomic E-state index is 13.4. The number of aromatic hydroxyl groups is 2. The van der Waals surface area contributed by atoms with Crippen molar-refractivity contribution in [3.63, 3.8) is 0 Å². The van der Waals surface area contributed by atoms with Crippen LogP contribution in [0.25, 0.3) is 12.2 Å². The maximum absolute atomic E-state index is 13.4. The standard InChI is InChI=1S/C27H21NO3/c28-18-27(23-4-2-1-3-5-23)16-21(14-19-6-10-24(29)11-7-19)26(31)22(17-27)15-20-8-12-25(30)13-9-20/h1-15,29-30H,16-17H2/b21-14+,22-15+. The third-order valence-electron chi connectivity index (χ3n) is 5.58. The van der Waals surface area contributed by atoms with Crippen LogP contribution in [-0.4, -0.2) is 16.0 Å². The lowest BCUT2D eigenvalue weighted by atomic mass is 9.66. The third-order valence-corrected chi connectivity index (χ3v) is 5.58. The second-order valence-corrected chi connectivity index (χ2v) is 7.76. The normalized spacial score (nSPS) is 21.2. The molecule has 152 valence electrons. The van der Waals surface area contributed by atoms with E-state index in [1.165, 1.54) is 0 Å². The fourth-order valence-corrected chi connectivity index (χ4v) is 3.96. The highest BCUT2D eigenvalue weighted by Gasteiger charge is 2.41. The first-order valence-corrected chi connectivity index (χ1v) is 10.00. The van der Waals surface area contributed by atoms with E-state index in [0.29, 0.717) is 24.0 Å². The van der Waals surface area contributed by atoms with E-state index in [1.807, 2.05) is 30.3 Å². The zero-order chi connectivity index (χ0) is 21.8. The van der Waals surface area contributed by atoms with Gasteiger partial charge in [0.1, 0.15) is 11.5 Å². The summed E-state index contributed by atoms with van der Waals surface area (Å²) in [6, 6.07) is 25.3. The lowest BCUT2D eigenvalue weighted by molar-refractivity contribution is -0.113. The molecule has 4 heteroatoms. The van der Waals surface area contributed by atoms with Crippen LogP contribution >= 0.6 is 0 Å². The molecule has 0 aromatic heterocycles. The van der Waals surface area contributed by atoms with Gasteiger partial charge in [0.05, 0.1) is 11.5 Å². The molecule has 0 bridgehead atoms. The molecule has 0 radical (unpaired) electrons. The Morgan fingerprint density at radius 2 is 1.19 bits per heavy atom. The molecule has 4 nitrogen and oxygen atoms in total. The van der Waals surface area contributed by atoms with E-state index in [1.54, 1.807) is 60.7 Å². The van der Waals surface area contributed by atoms with Crippen molar-refractivity contribution in [2.45, 2.75) is 18.3 Å². The summed E-state index contributed by atoms with van der Waals surface area (Å²) in [5, 5.41) is 29.3. The molecule has 4 rings (SSSR count). The smallest absolute Gasteiger partial charge is 0.185 e. The minimum Gasteiger partial charge on any atom is -0.508 e. The van der Waals surface area contributed by atoms with Crippen molar-refractivity contribution in [2.75, 3.05) is 0 Å². The van der Waals surface area contributed by atoms with E-state index in [0.717, 1.165) is 16.7 Å². The van der Waals surface area contributed by atoms with E-state index in [9.17, 15) is 20.3 Å². The summed E-state index contributed by atoms with van der Waals surface area (Å²) in [7, 11) is 0. The zero-order valence-corrected chi connectivity index (χ0v) is 16.8. The number of nitriles is 1. The summed E-state index contributed by atoms with van der Waals surface area (Å²) in [5.74, 6) is 0.212. The second-order valence-electron chi connectivity index (χ2n) is 7.76. The first-order chi connectivity index (χ1) is 15.0. The number of phenolic OH excluding ortho intramolecular Hbond substituents is 2. The van der Waals surface area contributed by atoms with Gasteiger partial charge in [-0.3, -0.25) is 4.79 Å². The number of carbonyl (C=O) groups excluding carboxylic acids is 1. The average molecular weight is 407 g/mol. The van der Waals surface area contributed by atoms with Crippen molar-refractivity contribution in [3.05, 3.63) is 107 Å². The predicted molar refractivity (Wildman–Crippen MR) is 120 cm³/mol. The summed E-state index contributed by atoms with van der Waals surface area (Å²) in [6.07, 6.45) is 4.20. The number of carbonyl (C=O) groups is 1. The molecule has 3 aromatic rings. The number of nitrogens with zero attached hydrogens (tertiary/aromatic N) is 1. The second kappa shape index (κ2) is 8.33. The fourth-order valence-electron chi connectivity index (χ4n) is 3.96. The highest BCUT2D eigenvalue weighted by Crippen LogP contribution is 2.43. The number of hydrogen-bond acceptors (Lipinski definition) is 4.